The topological polar surface area (TPSA) is 99.7 Å². The second-order valence-electron chi connectivity index (χ2n) is 6.49. The summed E-state index contributed by atoms with van der Waals surface area (Å²) in [5, 5.41) is 0. The van der Waals surface area contributed by atoms with Crippen molar-refractivity contribution in [1.29, 1.82) is 0 Å². The van der Waals surface area contributed by atoms with Crippen LogP contribution in [0.2, 0.25) is 0 Å². The van der Waals surface area contributed by atoms with Crippen molar-refractivity contribution in [2.45, 2.75) is 32.4 Å². The Hall–Kier alpha value is -3.43. The molecule has 0 fully saturated rings. The van der Waals surface area contributed by atoms with Crippen LogP contribution < -0.4 is 10.5 Å². The van der Waals surface area contributed by atoms with E-state index in [4.69, 9.17) is 10.5 Å². The maximum Gasteiger partial charge on any atom is 0.388 e. The molecule has 0 bridgehead atoms. The number of ether oxygens (including phenoxy) is 2. The minimum absolute atomic E-state index is 0.0345. The summed E-state index contributed by atoms with van der Waals surface area (Å²) in [6.07, 6.45) is 3.50. The van der Waals surface area contributed by atoms with Gasteiger partial charge in [0.1, 0.15) is 22.8 Å². The molecule has 7 nitrogen and oxygen atoms in total. The average molecular weight is 406 g/mol. The number of aromatic nitrogens is 2. The van der Waals surface area contributed by atoms with Gasteiger partial charge in [-0.25, -0.2) is 19.4 Å². The number of carbonyl (C=O) groups is 1. The van der Waals surface area contributed by atoms with Crippen molar-refractivity contribution in [2.75, 3.05) is 0 Å². The highest BCUT2D eigenvalue weighted by atomic mass is 19.3. The highest BCUT2D eigenvalue weighted by molar-refractivity contribution is 5.95. The van der Waals surface area contributed by atoms with Gasteiger partial charge in [0, 0.05) is 12.0 Å². The first kappa shape index (κ1) is 20.3. The number of rotatable bonds is 6. The standard InChI is InChI=1S/C19H17F3N4O3/c1-10-7-19(2,26-18(23)28-10)12-5-11(3-4-13(12)20)6-15(27)14-8-25-16(9-24-14)29-17(21)22/h3-5,7-9,17H,6H2,1-2H3,(H2,23,26)/t19-/m0/s1. The van der Waals surface area contributed by atoms with Crippen LogP contribution in [-0.4, -0.2) is 28.4 Å². The number of allylic oxidation sites excluding steroid dienone is 1. The van der Waals surface area contributed by atoms with Crippen LogP contribution in [0.15, 0.2) is 47.4 Å². The number of aliphatic imine (C=N–C) groups is 1. The van der Waals surface area contributed by atoms with Crippen molar-refractivity contribution >= 4 is 11.8 Å². The molecule has 0 saturated heterocycles. The van der Waals surface area contributed by atoms with E-state index >= 15 is 0 Å². The molecule has 0 spiro atoms. The Balaban J connectivity index is 1.83. The molecular formula is C19H17F3N4O3. The highest BCUT2D eigenvalue weighted by Gasteiger charge is 2.31. The minimum Gasteiger partial charge on any atom is -0.431 e. The molecule has 0 saturated carbocycles. The molecule has 1 aliphatic rings. The zero-order valence-corrected chi connectivity index (χ0v) is 15.5. The van der Waals surface area contributed by atoms with Crippen molar-refractivity contribution in [3.05, 3.63) is 65.1 Å². The molecule has 10 heteroatoms. The summed E-state index contributed by atoms with van der Waals surface area (Å²) < 4.78 is 48.1. The first-order chi connectivity index (χ1) is 13.7. The average Bonchev–Trinajstić information content (AvgIpc) is 2.62. The summed E-state index contributed by atoms with van der Waals surface area (Å²) in [6.45, 7) is 0.304. The van der Waals surface area contributed by atoms with E-state index in [2.05, 4.69) is 19.7 Å². The fourth-order valence-electron chi connectivity index (χ4n) is 2.97. The van der Waals surface area contributed by atoms with Gasteiger partial charge in [-0.1, -0.05) is 6.07 Å². The van der Waals surface area contributed by atoms with E-state index in [0.29, 0.717) is 11.3 Å². The Labute approximate surface area is 164 Å². The molecule has 2 N–H and O–H groups in total. The van der Waals surface area contributed by atoms with Crippen molar-refractivity contribution < 1.29 is 27.4 Å². The lowest BCUT2D eigenvalue weighted by molar-refractivity contribution is -0.0531. The smallest absolute Gasteiger partial charge is 0.388 e. The van der Waals surface area contributed by atoms with Crippen LogP contribution in [0.25, 0.3) is 0 Å². The number of carbonyl (C=O) groups excluding carboxylic acids is 1. The summed E-state index contributed by atoms with van der Waals surface area (Å²) >= 11 is 0. The molecule has 1 aromatic carbocycles. The van der Waals surface area contributed by atoms with E-state index in [0.717, 1.165) is 12.4 Å². The first-order valence-electron chi connectivity index (χ1n) is 8.48. The van der Waals surface area contributed by atoms with E-state index in [1.54, 1.807) is 19.9 Å². The molecular weight excluding hydrogens is 389 g/mol. The van der Waals surface area contributed by atoms with Crippen LogP contribution in [0.1, 0.15) is 35.5 Å². The summed E-state index contributed by atoms with van der Waals surface area (Å²) in [4.78, 5) is 24.0. The molecule has 29 heavy (non-hydrogen) atoms. The number of hydrogen-bond acceptors (Lipinski definition) is 7. The third-order valence-corrected chi connectivity index (χ3v) is 4.16. The van der Waals surface area contributed by atoms with Crippen LogP contribution in [0, 0.1) is 5.82 Å². The normalized spacial score (nSPS) is 18.7. The number of hydrogen-bond donors (Lipinski definition) is 1. The number of Topliss-reactive ketones (excluding diaryl/α,β-unsaturated/α-hetero) is 1. The van der Waals surface area contributed by atoms with Gasteiger partial charge in [-0.2, -0.15) is 8.78 Å². The van der Waals surface area contributed by atoms with Crippen LogP contribution in [-0.2, 0) is 16.7 Å². The third-order valence-electron chi connectivity index (χ3n) is 4.16. The van der Waals surface area contributed by atoms with Gasteiger partial charge in [-0.15, -0.1) is 0 Å². The molecule has 0 aliphatic carbocycles. The van der Waals surface area contributed by atoms with Gasteiger partial charge in [0.2, 0.25) is 5.88 Å². The Bertz CT molecular complexity index is 973. The molecule has 152 valence electrons. The van der Waals surface area contributed by atoms with Crippen molar-refractivity contribution in [2.24, 2.45) is 10.7 Å². The fraction of sp³-hybridized carbons (Fsp3) is 0.263. The number of alkyl halides is 2. The fourth-order valence-corrected chi connectivity index (χ4v) is 2.97. The second-order valence-corrected chi connectivity index (χ2v) is 6.49. The largest absolute Gasteiger partial charge is 0.431 e. The monoisotopic (exact) mass is 406 g/mol. The predicted molar refractivity (Wildman–Crippen MR) is 96.9 cm³/mol. The van der Waals surface area contributed by atoms with Gasteiger partial charge >= 0.3 is 6.61 Å². The lowest BCUT2D eigenvalue weighted by Crippen LogP contribution is -2.30. The lowest BCUT2D eigenvalue weighted by atomic mass is 9.89. The molecule has 1 aromatic heterocycles. The molecule has 1 aliphatic heterocycles. The van der Waals surface area contributed by atoms with Crippen LogP contribution >= 0.6 is 0 Å². The first-order valence-corrected chi connectivity index (χ1v) is 8.48. The van der Waals surface area contributed by atoms with Crippen LogP contribution in [0.5, 0.6) is 5.88 Å². The van der Waals surface area contributed by atoms with E-state index in [1.807, 2.05) is 0 Å². The van der Waals surface area contributed by atoms with Gasteiger partial charge in [-0.3, -0.25) is 4.79 Å². The zero-order valence-electron chi connectivity index (χ0n) is 15.5. The molecule has 0 amide bonds. The summed E-state index contributed by atoms with van der Waals surface area (Å²) in [7, 11) is 0. The highest BCUT2D eigenvalue weighted by Crippen LogP contribution is 2.34. The Morgan fingerprint density at radius 3 is 2.69 bits per heavy atom. The van der Waals surface area contributed by atoms with Crippen molar-refractivity contribution in [1.82, 2.24) is 9.97 Å². The Morgan fingerprint density at radius 1 is 1.31 bits per heavy atom. The second kappa shape index (κ2) is 7.90. The molecule has 0 radical (unpaired) electrons. The zero-order chi connectivity index (χ0) is 21.2. The van der Waals surface area contributed by atoms with Crippen LogP contribution in [0.3, 0.4) is 0 Å². The molecule has 0 unspecified atom stereocenters. The number of benzene rings is 1. The van der Waals surface area contributed by atoms with Gasteiger partial charge in [0.15, 0.2) is 5.78 Å². The number of ketones is 1. The molecule has 2 aromatic rings. The summed E-state index contributed by atoms with van der Waals surface area (Å²) in [6, 6.07) is 4.12. The number of nitrogens with two attached hydrogens (primary N) is 1. The van der Waals surface area contributed by atoms with Crippen molar-refractivity contribution in [3.8, 4) is 5.88 Å². The number of halogens is 3. The van der Waals surface area contributed by atoms with Crippen molar-refractivity contribution in [3.63, 3.8) is 0 Å². The predicted octanol–water partition coefficient (Wildman–Crippen LogP) is 3.11. The van der Waals surface area contributed by atoms with Gasteiger partial charge in [0.25, 0.3) is 6.02 Å². The maximum atomic E-state index is 14.5. The summed E-state index contributed by atoms with van der Waals surface area (Å²) in [5.41, 5.74) is 5.27. The van der Waals surface area contributed by atoms with Gasteiger partial charge in [0.05, 0.1) is 12.4 Å². The SMILES string of the molecule is CC1=C[C@@](C)(c2cc(CC(=O)c3cnc(OC(F)F)cn3)ccc2F)N=C(N)O1. The quantitative estimate of drug-likeness (QED) is 0.740. The number of amidine groups is 1. The van der Waals surface area contributed by atoms with E-state index in [-0.39, 0.29) is 23.7 Å². The molecule has 3 rings (SSSR count). The van der Waals surface area contributed by atoms with E-state index in [9.17, 15) is 18.0 Å². The lowest BCUT2D eigenvalue weighted by Gasteiger charge is -2.27. The molecule has 1 atom stereocenters. The van der Waals surface area contributed by atoms with E-state index in [1.165, 1.54) is 18.2 Å². The van der Waals surface area contributed by atoms with E-state index < -0.39 is 29.6 Å². The number of nitrogens with zero attached hydrogens (tertiary/aromatic N) is 3. The van der Waals surface area contributed by atoms with Crippen LogP contribution in [0.4, 0.5) is 13.2 Å². The van der Waals surface area contributed by atoms with Gasteiger partial charge < -0.3 is 15.2 Å². The molecule has 2 heterocycles. The minimum atomic E-state index is -3.04. The van der Waals surface area contributed by atoms with Gasteiger partial charge in [-0.05, 0) is 37.6 Å². The maximum absolute atomic E-state index is 14.5. The summed E-state index contributed by atoms with van der Waals surface area (Å²) in [5.74, 6) is -0.863. The Morgan fingerprint density at radius 2 is 2.07 bits per heavy atom. The Kier molecular flexibility index (Phi) is 5.53. The third kappa shape index (κ3) is 4.71.